The Balaban J connectivity index is 1.47. The second kappa shape index (κ2) is 7.16. The molecule has 0 radical (unpaired) electrons. The zero-order valence-electron chi connectivity index (χ0n) is 15.5. The topological polar surface area (TPSA) is 83.6 Å². The molecule has 5 aromatic rings. The fourth-order valence-corrected chi connectivity index (χ4v) is 3.33. The van der Waals surface area contributed by atoms with E-state index >= 15 is 0 Å². The Morgan fingerprint density at radius 3 is 2.66 bits per heavy atom. The number of H-pyrrole nitrogens is 1. The molecule has 0 bridgehead atoms. The molecule has 0 saturated carbocycles. The lowest BCUT2D eigenvalue weighted by atomic mass is 10.0. The predicted molar refractivity (Wildman–Crippen MR) is 112 cm³/mol. The number of pyridine rings is 2. The average Bonchev–Trinajstić information content (AvgIpc) is 3.21. The normalized spacial score (nSPS) is 11.0. The van der Waals surface area contributed by atoms with Gasteiger partial charge in [0.05, 0.1) is 17.8 Å². The minimum Gasteiger partial charge on any atom is -0.345 e. The Kier molecular flexibility index (Phi) is 4.22. The zero-order valence-corrected chi connectivity index (χ0v) is 15.5. The highest BCUT2D eigenvalue weighted by atomic mass is 16.1. The Bertz CT molecular complexity index is 1330. The number of nitrogens with one attached hydrogen (secondary N) is 2. The van der Waals surface area contributed by atoms with Crippen molar-refractivity contribution in [1.29, 1.82) is 0 Å². The number of aromatic nitrogens is 4. The van der Waals surface area contributed by atoms with Gasteiger partial charge in [-0.15, -0.1) is 0 Å². The van der Waals surface area contributed by atoms with Crippen molar-refractivity contribution in [3.63, 3.8) is 0 Å². The van der Waals surface area contributed by atoms with Crippen LogP contribution in [0.4, 0.5) is 0 Å². The summed E-state index contributed by atoms with van der Waals surface area (Å²) >= 11 is 0. The Morgan fingerprint density at radius 2 is 1.79 bits per heavy atom. The maximum atomic E-state index is 12.6. The highest BCUT2D eigenvalue weighted by molar-refractivity contribution is 5.98. The Morgan fingerprint density at radius 1 is 0.931 bits per heavy atom. The van der Waals surface area contributed by atoms with Gasteiger partial charge in [-0.25, -0.2) is 4.98 Å². The summed E-state index contributed by atoms with van der Waals surface area (Å²) in [4.78, 5) is 21.4. The van der Waals surface area contributed by atoms with Crippen LogP contribution in [0.15, 0.2) is 79.0 Å². The summed E-state index contributed by atoms with van der Waals surface area (Å²) in [5, 5.41) is 12.6. The molecule has 0 unspecified atom stereocenters. The number of fused-ring (bicyclic) bond motifs is 2. The first kappa shape index (κ1) is 17.1. The third-order valence-electron chi connectivity index (χ3n) is 4.82. The predicted octanol–water partition coefficient (Wildman–Crippen LogP) is 4.10. The first-order valence-electron chi connectivity index (χ1n) is 9.30. The molecule has 2 N–H and O–H groups in total. The van der Waals surface area contributed by atoms with Crippen LogP contribution in [-0.4, -0.2) is 26.1 Å². The number of nitrogens with zero attached hydrogens (tertiary/aromatic N) is 3. The molecule has 0 fully saturated rings. The number of carbonyl (C=O) groups is 1. The van der Waals surface area contributed by atoms with Crippen molar-refractivity contribution in [1.82, 2.24) is 25.5 Å². The van der Waals surface area contributed by atoms with E-state index in [0.717, 1.165) is 27.9 Å². The quantitative estimate of drug-likeness (QED) is 0.492. The van der Waals surface area contributed by atoms with E-state index in [4.69, 9.17) is 0 Å². The number of amides is 1. The number of hydrogen-bond donors (Lipinski definition) is 2. The summed E-state index contributed by atoms with van der Waals surface area (Å²) < 4.78 is 0. The summed E-state index contributed by atoms with van der Waals surface area (Å²) in [6.07, 6.45) is 1.70. The van der Waals surface area contributed by atoms with Crippen LogP contribution in [0.5, 0.6) is 0 Å². The molecule has 0 spiro atoms. The summed E-state index contributed by atoms with van der Waals surface area (Å²) in [5.74, 6) is -0.247. The largest absolute Gasteiger partial charge is 0.345 e. The lowest BCUT2D eigenvalue weighted by Crippen LogP contribution is -2.24. The highest BCUT2D eigenvalue weighted by Gasteiger charge is 2.14. The molecule has 0 saturated heterocycles. The second-order valence-electron chi connectivity index (χ2n) is 6.73. The van der Waals surface area contributed by atoms with E-state index in [9.17, 15) is 4.79 Å². The van der Waals surface area contributed by atoms with Gasteiger partial charge in [0.2, 0.25) is 0 Å². The van der Waals surface area contributed by atoms with Crippen molar-refractivity contribution in [3.05, 3.63) is 90.4 Å². The molecular weight excluding hydrogens is 362 g/mol. The molecule has 6 nitrogen and oxygen atoms in total. The molecule has 1 amide bonds. The van der Waals surface area contributed by atoms with Gasteiger partial charge in [-0.05, 0) is 41.1 Å². The first-order valence-corrected chi connectivity index (χ1v) is 9.30. The molecule has 0 aliphatic rings. The third kappa shape index (κ3) is 3.32. The van der Waals surface area contributed by atoms with Gasteiger partial charge in [0, 0.05) is 11.8 Å². The van der Waals surface area contributed by atoms with E-state index < -0.39 is 0 Å². The summed E-state index contributed by atoms with van der Waals surface area (Å²) in [7, 11) is 0. The van der Waals surface area contributed by atoms with Gasteiger partial charge < -0.3 is 5.32 Å². The van der Waals surface area contributed by atoms with Gasteiger partial charge in [0.25, 0.3) is 5.91 Å². The van der Waals surface area contributed by atoms with E-state index in [1.54, 1.807) is 12.3 Å². The second-order valence-corrected chi connectivity index (χ2v) is 6.73. The SMILES string of the molecule is O=C(NCc1ccccn1)c1ccc2[nH]nc(-c3ccc4ccccc4c3)c2n1. The lowest BCUT2D eigenvalue weighted by Gasteiger charge is -2.05. The summed E-state index contributed by atoms with van der Waals surface area (Å²) in [6.45, 7) is 0.350. The van der Waals surface area contributed by atoms with Gasteiger partial charge in [0.1, 0.15) is 16.9 Å². The first-order chi connectivity index (χ1) is 14.3. The summed E-state index contributed by atoms with van der Waals surface area (Å²) in [5.41, 5.74) is 4.28. The number of aromatic amines is 1. The lowest BCUT2D eigenvalue weighted by molar-refractivity contribution is 0.0946. The van der Waals surface area contributed by atoms with Gasteiger partial charge in [-0.2, -0.15) is 5.10 Å². The molecule has 3 aromatic heterocycles. The monoisotopic (exact) mass is 379 g/mol. The van der Waals surface area contributed by atoms with Crippen molar-refractivity contribution in [2.75, 3.05) is 0 Å². The highest BCUT2D eigenvalue weighted by Crippen LogP contribution is 2.28. The molecule has 6 heteroatoms. The van der Waals surface area contributed by atoms with Crippen molar-refractivity contribution < 1.29 is 4.79 Å². The van der Waals surface area contributed by atoms with Crippen LogP contribution in [0.2, 0.25) is 0 Å². The van der Waals surface area contributed by atoms with Crippen LogP contribution >= 0.6 is 0 Å². The number of carbonyl (C=O) groups excluding carboxylic acids is 1. The number of benzene rings is 2. The minimum atomic E-state index is -0.247. The number of hydrogen-bond acceptors (Lipinski definition) is 4. The van der Waals surface area contributed by atoms with Crippen molar-refractivity contribution in [2.24, 2.45) is 0 Å². The van der Waals surface area contributed by atoms with Gasteiger partial charge in [-0.1, -0.05) is 42.5 Å². The standard InChI is InChI=1S/C23H17N5O/c29-23(25-14-18-7-3-4-12-24-18)20-11-10-19-22(26-20)21(28-27-19)17-9-8-15-5-1-2-6-16(15)13-17/h1-13H,14H2,(H,25,29)(H,27,28). The van der Waals surface area contributed by atoms with Gasteiger partial charge in [-0.3, -0.25) is 14.9 Å². The van der Waals surface area contributed by atoms with E-state index in [1.807, 2.05) is 42.5 Å². The maximum Gasteiger partial charge on any atom is 0.270 e. The molecule has 140 valence electrons. The van der Waals surface area contributed by atoms with Crippen LogP contribution in [0.3, 0.4) is 0 Å². The van der Waals surface area contributed by atoms with E-state index in [2.05, 4.69) is 49.7 Å². The zero-order chi connectivity index (χ0) is 19.6. The van der Waals surface area contributed by atoms with Crippen LogP contribution in [0, 0.1) is 0 Å². The third-order valence-corrected chi connectivity index (χ3v) is 4.82. The average molecular weight is 379 g/mol. The molecule has 3 heterocycles. The molecule has 0 aliphatic carbocycles. The Hall–Kier alpha value is -4.06. The molecule has 29 heavy (non-hydrogen) atoms. The van der Waals surface area contributed by atoms with Crippen molar-refractivity contribution >= 4 is 27.7 Å². The summed E-state index contributed by atoms with van der Waals surface area (Å²) in [6, 6.07) is 23.5. The van der Waals surface area contributed by atoms with Gasteiger partial charge in [0.15, 0.2) is 0 Å². The van der Waals surface area contributed by atoms with Gasteiger partial charge >= 0.3 is 0 Å². The number of rotatable bonds is 4. The molecule has 5 rings (SSSR count). The van der Waals surface area contributed by atoms with E-state index in [1.165, 1.54) is 5.39 Å². The smallest absolute Gasteiger partial charge is 0.270 e. The van der Waals surface area contributed by atoms with Crippen LogP contribution < -0.4 is 5.32 Å². The van der Waals surface area contributed by atoms with Crippen molar-refractivity contribution in [3.8, 4) is 11.3 Å². The fourth-order valence-electron chi connectivity index (χ4n) is 3.33. The molecule has 0 atom stereocenters. The van der Waals surface area contributed by atoms with Crippen LogP contribution in [0.25, 0.3) is 33.1 Å². The minimum absolute atomic E-state index is 0.247. The maximum absolute atomic E-state index is 12.6. The van der Waals surface area contributed by atoms with E-state index in [-0.39, 0.29) is 5.91 Å². The van der Waals surface area contributed by atoms with Crippen LogP contribution in [-0.2, 0) is 6.54 Å². The molecular formula is C23H17N5O. The Labute approximate surface area is 166 Å². The fraction of sp³-hybridized carbons (Fsp3) is 0.0435. The van der Waals surface area contributed by atoms with Crippen molar-refractivity contribution in [2.45, 2.75) is 6.54 Å². The van der Waals surface area contributed by atoms with E-state index in [0.29, 0.717) is 17.8 Å². The molecule has 2 aromatic carbocycles. The molecule has 0 aliphatic heterocycles. The van der Waals surface area contributed by atoms with Crippen LogP contribution in [0.1, 0.15) is 16.2 Å².